The molecule has 1 aromatic carbocycles. The molecular formula is C25H34BN4O5-. The van der Waals surface area contributed by atoms with Crippen molar-refractivity contribution in [3.8, 4) is 11.3 Å². The van der Waals surface area contributed by atoms with Gasteiger partial charge in [0.15, 0.2) is 0 Å². The Hall–Kier alpha value is -2.79. The zero-order chi connectivity index (χ0) is 25.0. The number of amides is 2. The first-order valence-corrected chi connectivity index (χ1v) is 12.3. The number of carbonyl (C=O) groups excluding carboxylic acids is 2. The second-order valence-electron chi connectivity index (χ2n) is 9.72. The van der Waals surface area contributed by atoms with E-state index in [1.165, 1.54) is 6.92 Å². The summed E-state index contributed by atoms with van der Waals surface area (Å²) >= 11 is 0. The van der Waals surface area contributed by atoms with Gasteiger partial charge in [-0.2, -0.15) is 0 Å². The summed E-state index contributed by atoms with van der Waals surface area (Å²) < 4.78 is 12.1. The monoisotopic (exact) mass is 481 g/mol. The van der Waals surface area contributed by atoms with E-state index in [1.54, 1.807) is 12.1 Å². The number of nitrogens with zero attached hydrogens (tertiary/aromatic N) is 2. The standard InChI is InChI=1S/C25H34BN4O5/c1-17(2)16-22(26-30(12-14-34-26)13-15-35-26)28-25(33)23(18(3)31)29-24(32)21-11-7-10-20(27-21)19-8-5-4-6-9-19/h4-11,17-18,22-23,31H,12-16H2,1-3H3,(H,28,33)(H,29,32)/q-1/t18-,22+,23+/m1/s1. The highest BCUT2D eigenvalue weighted by Gasteiger charge is 2.49. The number of aliphatic hydroxyl groups excluding tert-OH is 1. The first kappa shape index (κ1) is 25.3. The van der Waals surface area contributed by atoms with Crippen molar-refractivity contribution in [1.82, 2.24) is 20.4 Å². The smallest absolute Gasteiger partial charge is 0.339 e. The van der Waals surface area contributed by atoms with Crippen LogP contribution < -0.4 is 10.6 Å². The molecule has 2 fully saturated rings. The molecule has 2 aromatic rings. The van der Waals surface area contributed by atoms with Gasteiger partial charge in [0, 0.05) is 18.8 Å². The number of hydrogen-bond acceptors (Lipinski definition) is 7. The zero-order valence-electron chi connectivity index (χ0n) is 20.5. The molecule has 1 aromatic heterocycles. The van der Waals surface area contributed by atoms with Crippen LogP contribution in [0.3, 0.4) is 0 Å². The second kappa shape index (κ2) is 10.9. The Bertz CT molecular complexity index is 1030. The third-order valence-corrected chi connectivity index (χ3v) is 6.64. The number of fused-ring (bicyclic) bond motifs is 1. The van der Waals surface area contributed by atoms with Gasteiger partial charge in [0.25, 0.3) is 5.91 Å². The van der Waals surface area contributed by atoms with Crippen LogP contribution in [0.4, 0.5) is 0 Å². The molecule has 0 unspecified atom stereocenters. The number of benzene rings is 1. The summed E-state index contributed by atoms with van der Waals surface area (Å²) in [5.41, 5.74) is 1.69. The maximum atomic E-state index is 13.3. The highest BCUT2D eigenvalue weighted by Crippen LogP contribution is 2.31. The number of pyridine rings is 1. The predicted molar refractivity (Wildman–Crippen MR) is 133 cm³/mol. The SMILES string of the molecule is CC(C)C[C@H](NC(=O)[C@@H](NC(=O)c1cccc(-c2ccccc2)n1)[C@@H](C)O)[B-]12OCCN1CCO2. The van der Waals surface area contributed by atoms with Crippen LogP contribution in [0.25, 0.3) is 11.3 Å². The lowest BCUT2D eigenvalue weighted by Crippen LogP contribution is -2.66. The summed E-state index contributed by atoms with van der Waals surface area (Å²) in [6.45, 7) is 6.40. The summed E-state index contributed by atoms with van der Waals surface area (Å²) in [5.74, 6) is -1.15. The maximum absolute atomic E-state index is 13.3. The number of hydrogen-bond donors (Lipinski definition) is 3. The van der Waals surface area contributed by atoms with Gasteiger partial charge in [-0.15, -0.1) is 0 Å². The lowest BCUT2D eigenvalue weighted by atomic mass is 9.59. The molecule has 0 aliphatic carbocycles. The van der Waals surface area contributed by atoms with Gasteiger partial charge in [0.05, 0.1) is 11.8 Å². The van der Waals surface area contributed by atoms with Crippen LogP contribution in [0, 0.1) is 5.92 Å². The molecular weight excluding hydrogens is 447 g/mol. The molecule has 0 radical (unpaired) electrons. The van der Waals surface area contributed by atoms with E-state index in [0.717, 1.165) is 18.7 Å². The third kappa shape index (κ3) is 5.56. The quantitative estimate of drug-likeness (QED) is 0.467. The fourth-order valence-corrected chi connectivity index (χ4v) is 4.96. The minimum Gasteiger partial charge on any atom is -0.553 e. The van der Waals surface area contributed by atoms with Crippen molar-refractivity contribution < 1.29 is 24.0 Å². The minimum atomic E-state index is -1.81. The molecule has 0 saturated carbocycles. The van der Waals surface area contributed by atoms with Crippen molar-refractivity contribution in [3.63, 3.8) is 0 Å². The molecule has 2 aliphatic rings. The molecule has 0 spiro atoms. The van der Waals surface area contributed by atoms with Crippen LogP contribution in [-0.2, 0) is 14.1 Å². The first-order chi connectivity index (χ1) is 16.8. The molecule has 2 amide bonds. The average molecular weight is 481 g/mol. The maximum Gasteiger partial charge on any atom is 0.339 e. The van der Waals surface area contributed by atoms with E-state index >= 15 is 0 Å². The van der Waals surface area contributed by atoms with Gasteiger partial charge in [-0.05, 0) is 44.0 Å². The van der Waals surface area contributed by atoms with Gasteiger partial charge in [-0.25, -0.2) is 4.98 Å². The van der Waals surface area contributed by atoms with Crippen LogP contribution in [0.2, 0.25) is 0 Å². The Balaban J connectivity index is 1.50. The van der Waals surface area contributed by atoms with E-state index in [1.807, 2.05) is 36.4 Å². The Kier molecular flexibility index (Phi) is 7.86. The van der Waals surface area contributed by atoms with E-state index in [4.69, 9.17) is 9.31 Å². The minimum absolute atomic E-state index is 0.163. The van der Waals surface area contributed by atoms with Gasteiger partial charge in [0.1, 0.15) is 11.7 Å². The van der Waals surface area contributed by atoms with Gasteiger partial charge in [-0.1, -0.05) is 56.7 Å². The van der Waals surface area contributed by atoms with Crippen LogP contribution in [0.15, 0.2) is 48.5 Å². The van der Waals surface area contributed by atoms with Gasteiger partial charge >= 0.3 is 6.69 Å². The topological polar surface area (TPSA) is 113 Å². The van der Waals surface area contributed by atoms with Crippen molar-refractivity contribution in [1.29, 1.82) is 0 Å². The molecule has 10 heteroatoms. The lowest BCUT2D eigenvalue weighted by molar-refractivity contribution is -0.125. The molecule has 2 aliphatic heterocycles. The normalized spacial score (nSPS) is 19.7. The Morgan fingerprint density at radius 2 is 1.71 bits per heavy atom. The van der Waals surface area contributed by atoms with Crippen LogP contribution in [-0.4, -0.2) is 77.8 Å². The molecule has 9 nitrogen and oxygen atoms in total. The lowest BCUT2D eigenvalue weighted by Gasteiger charge is -2.45. The van der Waals surface area contributed by atoms with Gasteiger partial charge in [0.2, 0.25) is 5.91 Å². The summed E-state index contributed by atoms with van der Waals surface area (Å²) in [6, 6.07) is 13.5. The van der Waals surface area contributed by atoms with Crippen molar-refractivity contribution >= 4 is 18.5 Å². The van der Waals surface area contributed by atoms with Gasteiger partial charge < -0.3 is 29.9 Å². The number of carbonyl (C=O) groups is 2. The van der Waals surface area contributed by atoms with Gasteiger partial charge in [-0.3, -0.25) is 9.59 Å². The van der Waals surface area contributed by atoms with Crippen molar-refractivity contribution in [3.05, 3.63) is 54.2 Å². The number of aromatic nitrogens is 1. The van der Waals surface area contributed by atoms with E-state index in [-0.39, 0.29) is 11.6 Å². The number of aliphatic hydroxyl groups is 1. The van der Waals surface area contributed by atoms with Crippen LogP contribution in [0.5, 0.6) is 0 Å². The number of nitrogens with one attached hydrogen (secondary N) is 2. The molecule has 0 bridgehead atoms. The van der Waals surface area contributed by atoms with E-state index < -0.39 is 36.6 Å². The first-order valence-electron chi connectivity index (χ1n) is 12.3. The fourth-order valence-electron chi connectivity index (χ4n) is 4.96. The molecule has 35 heavy (non-hydrogen) atoms. The van der Waals surface area contributed by atoms with Crippen LogP contribution in [0.1, 0.15) is 37.7 Å². The van der Waals surface area contributed by atoms with Crippen molar-refractivity contribution in [2.24, 2.45) is 5.92 Å². The summed E-state index contributed by atoms with van der Waals surface area (Å²) in [5, 5.41) is 16.1. The molecule has 3 atom stereocenters. The van der Waals surface area contributed by atoms with E-state index in [9.17, 15) is 14.7 Å². The third-order valence-electron chi connectivity index (χ3n) is 6.64. The Labute approximate surface area is 206 Å². The van der Waals surface area contributed by atoms with Crippen molar-refractivity contribution in [2.75, 3.05) is 26.3 Å². The molecule has 2 saturated heterocycles. The Morgan fingerprint density at radius 1 is 1.03 bits per heavy atom. The fraction of sp³-hybridized carbons (Fsp3) is 0.480. The predicted octanol–water partition coefficient (Wildman–Crippen LogP) is 1.60. The largest absolute Gasteiger partial charge is 0.553 e. The molecule has 3 heterocycles. The summed E-state index contributed by atoms with van der Waals surface area (Å²) in [7, 11) is 0. The van der Waals surface area contributed by atoms with Crippen LogP contribution >= 0.6 is 0 Å². The summed E-state index contributed by atoms with van der Waals surface area (Å²) in [4.78, 5) is 33.0. The van der Waals surface area contributed by atoms with E-state index in [2.05, 4.69) is 34.3 Å². The molecule has 3 N–H and O–H groups in total. The Morgan fingerprint density at radius 3 is 2.34 bits per heavy atom. The average Bonchev–Trinajstić information content (AvgIpc) is 3.43. The summed E-state index contributed by atoms with van der Waals surface area (Å²) in [6.07, 6.45) is -0.477. The van der Waals surface area contributed by atoms with Crippen molar-refractivity contribution in [2.45, 2.75) is 45.3 Å². The van der Waals surface area contributed by atoms with E-state index in [0.29, 0.717) is 25.3 Å². The number of rotatable bonds is 9. The zero-order valence-corrected chi connectivity index (χ0v) is 20.5. The highest BCUT2D eigenvalue weighted by molar-refractivity contribution is 6.67. The second-order valence-corrected chi connectivity index (χ2v) is 9.72. The highest BCUT2D eigenvalue weighted by atomic mass is 16.6. The molecule has 188 valence electrons. The molecule has 4 rings (SSSR count).